The van der Waals surface area contributed by atoms with Gasteiger partial charge in [0.15, 0.2) is 5.78 Å². The van der Waals surface area contributed by atoms with Crippen LogP contribution in [0.15, 0.2) is 30.5 Å². The zero-order valence-electron chi connectivity index (χ0n) is 15.7. The first-order valence-electron chi connectivity index (χ1n) is 8.90. The van der Waals surface area contributed by atoms with Gasteiger partial charge in [-0.3, -0.25) is 14.6 Å². The van der Waals surface area contributed by atoms with Crippen LogP contribution in [-0.2, 0) is 16.0 Å². The number of aromatic nitrogens is 1. The normalized spacial score (nSPS) is 18.7. The highest BCUT2D eigenvalue weighted by molar-refractivity contribution is 6.15. The van der Waals surface area contributed by atoms with Crippen LogP contribution in [0.2, 0.25) is 0 Å². The van der Waals surface area contributed by atoms with Gasteiger partial charge in [0.05, 0.1) is 5.56 Å². The van der Waals surface area contributed by atoms with Crippen molar-refractivity contribution in [3.8, 4) is 17.9 Å². The maximum atomic E-state index is 13.0. The summed E-state index contributed by atoms with van der Waals surface area (Å²) < 4.78 is 0. The molecule has 1 heterocycles. The lowest BCUT2D eigenvalue weighted by Crippen LogP contribution is -2.19. The molecule has 2 atom stereocenters. The fourth-order valence-corrected chi connectivity index (χ4v) is 3.84. The van der Waals surface area contributed by atoms with Crippen LogP contribution in [0.1, 0.15) is 52.8 Å². The summed E-state index contributed by atoms with van der Waals surface area (Å²) >= 11 is 0. The Labute approximate surface area is 159 Å². The second-order valence-electron chi connectivity index (χ2n) is 6.96. The molecule has 1 fully saturated rings. The Balaban J connectivity index is 1.88. The van der Waals surface area contributed by atoms with Gasteiger partial charge in [0.2, 0.25) is 0 Å². The Morgan fingerprint density at radius 2 is 1.85 bits per heavy atom. The number of rotatable bonds is 3. The molecule has 0 spiro atoms. The molecule has 27 heavy (non-hydrogen) atoms. The van der Waals surface area contributed by atoms with Gasteiger partial charge < -0.3 is 0 Å². The summed E-state index contributed by atoms with van der Waals surface area (Å²) in [5, 5.41) is 8.86. The van der Waals surface area contributed by atoms with Crippen molar-refractivity contribution in [2.75, 3.05) is 0 Å². The van der Waals surface area contributed by atoms with E-state index in [9.17, 15) is 9.59 Å². The number of aryl methyl sites for hydroxylation is 2. The molecule has 1 aromatic carbocycles. The van der Waals surface area contributed by atoms with E-state index in [1.807, 2.05) is 32.0 Å². The summed E-state index contributed by atoms with van der Waals surface area (Å²) in [7, 11) is 0. The van der Waals surface area contributed by atoms with Crippen molar-refractivity contribution >= 4 is 11.6 Å². The number of pyridine rings is 1. The number of carbonyl (C=O) groups excluding carboxylic acids is 2. The standard InChI is InChI=1S/C23H20N2O2/c1-4-5-16-8-14(2)21(15(3)9-16)22-20(26)11-18(23(22)27)10-19-7-6-17(12-24)13-25-19/h6-9,13,18,22H,10-11H2,1-3H3. The Morgan fingerprint density at radius 1 is 1.15 bits per heavy atom. The molecule has 3 rings (SSSR count). The second kappa shape index (κ2) is 7.56. The topological polar surface area (TPSA) is 70.8 Å². The highest BCUT2D eigenvalue weighted by atomic mass is 16.2. The number of hydrogen-bond acceptors (Lipinski definition) is 4. The molecule has 2 unspecified atom stereocenters. The largest absolute Gasteiger partial charge is 0.298 e. The zero-order chi connectivity index (χ0) is 19.6. The number of Topliss-reactive ketones (excluding diaryl/α,β-unsaturated/α-hetero) is 2. The number of hydrogen-bond donors (Lipinski definition) is 0. The maximum absolute atomic E-state index is 13.0. The predicted molar refractivity (Wildman–Crippen MR) is 102 cm³/mol. The molecule has 0 N–H and O–H groups in total. The van der Waals surface area contributed by atoms with E-state index in [-0.39, 0.29) is 23.9 Å². The molecular weight excluding hydrogens is 336 g/mol. The highest BCUT2D eigenvalue weighted by Gasteiger charge is 2.43. The molecule has 1 aliphatic carbocycles. The van der Waals surface area contributed by atoms with Gasteiger partial charge >= 0.3 is 0 Å². The van der Waals surface area contributed by atoms with Crippen LogP contribution in [-0.4, -0.2) is 16.6 Å². The Hall–Kier alpha value is -3.24. The SMILES string of the molecule is CC#Cc1cc(C)c(C2C(=O)CC(Cc3ccc(C#N)cn3)C2=O)c(C)c1. The van der Waals surface area contributed by atoms with Crippen molar-refractivity contribution in [1.29, 1.82) is 5.26 Å². The van der Waals surface area contributed by atoms with Gasteiger partial charge in [-0.15, -0.1) is 5.92 Å². The average Bonchev–Trinajstić information content (AvgIpc) is 2.90. The van der Waals surface area contributed by atoms with E-state index in [0.717, 1.165) is 27.9 Å². The zero-order valence-corrected chi connectivity index (χ0v) is 15.7. The number of carbonyl (C=O) groups is 2. The smallest absolute Gasteiger partial charge is 0.151 e. The fraction of sp³-hybridized carbons (Fsp3) is 0.304. The first-order valence-corrected chi connectivity index (χ1v) is 8.90. The molecule has 2 aromatic rings. The molecule has 134 valence electrons. The van der Waals surface area contributed by atoms with E-state index in [4.69, 9.17) is 5.26 Å². The Kier molecular flexibility index (Phi) is 5.19. The Morgan fingerprint density at radius 3 is 2.41 bits per heavy atom. The lowest BCUT2D eigenvalue weighted by atomic mass is 9.86. The van der Waals surface area contributed by atoms with Crippen molar-refractivity contribution in [2.24, 2.45) is 5.92 Å². The monoisotopic (exact) mass is 356 g/mol. The molecule has 1 aliphatic rings. The van der Waals surface area contributed by atoms with E-state index in [2.05, 4.69) is 16.8 Å². The number of nitriles is 1. The summed E-state index contributed by atoms with van der Waals surface area (Å²) in [4.78, 5) is 30.0. The lowest BCUT2D eigenvalue weighted by molar-refractivity contribution is -0.124. The number of benzene rings is 1. The van der Waals surface area contributed by atoms with Gasteiger partial charge in [-0.1, -0.05) is 5.92 Å². The van der Waals surface area contributed by atoms with Crippen LogP contribution < -0.4 is 0 Å². The van der Waals surface area contributed by atoms with Gasteiger partial charge in [0, 0.05) is 29.8 Å². The summed E-state index contributed by atoms with van der Waals surface area (Å²) in [6, 6.07) is 9.34. The van der Waals surface area contributed by atoms with E-state index in [1.54, 1.807) is 19.1 Å². The van der Waals surface area contributed by atoms with Crippen molar-refractivity contribution in [3.63, 3.8) is 0 Å². The van der Waals surface area contributed by atoms with Crippen molar-refractivity contribution in [3.05, 3.63) is 64.0 Å². The molecule has 0 aliphatic heterocycles. The molecule has 0 saturated heterocycles. The van der Waals surface area contributed by atoms with E-state index >= 15 is 0 Å². The third kappa shape index (κ3) is 3.66. The summed E-state index contributed by atoms with van der Waals surface area (Å²) in [6.45, 7) is 5.64. The minimum Gasteiger partial charge on any atom is -0.298 e. The fourth-order valence-electron chi connectivity index (χ4n) is 3.84. The first-order chi connectivity index (χ1) is 12.9. The second-order valence-corrected chi connectivity index (χ2v) is 6.96. The number of nitrogens with zero attached hydrogens (tertiary/aromatic N) is 2. The predicted octanol–water partition coefficient (Wildman–Crippen LogP) is 3.43. The van der Waals surface area contributed by atoms with Crippen LogP contribution in [0.4, 0.5) is 0 Å². The summed E-state index contributed by atoms with van der Waals surface area (Å²) in [5.41, 5.74) is 4.78. The minimum atomic E-state index is -0.697. The van der Waals surface area contributed by atoms with E-state index in [0.29, 0.717) is 12.0 Å². The van der Waals surface area contributed by atoms with Crippen molar-refractivity contribution in [1.82, 2.24) is 4.98 Å². The quantitative estimate of drug-likeness (QED) is 0.624. The maximum Gasteiger partial charge on any atom is 0.151 e. The van der Waals surface area contributed by atoms with Gasteiger partial charge in [-0.25, -0.2) is 0 Å². The minimum absolute atomic E-state index is 0.0285. The lowest BCUT2D eigenvalue weighted by Gasteiger charge is -2.16. The van der Waals surface area contributed by atoms with Crippen LogP contribution in [0.5, 0.6) is 0 Å². The van der Waals surface area contributed by atoms with Crippen molar-refractivity contribution < 1.29 is 9.59 Å². The van der Waals surface area contributed by atoms with E-state index < -0.39 is 5.92 Å². The third-order valence-electron chi connectivity index (χ3n) is 5.02. The van der Waals surface area contributed by atoms with Crippen molar-refractivity contribution in [2.45, 2.75) is 39.5 Å². The molecule has 0 radical (unpaired) electrons. The van der Waals surface area contributed by atoms with Crippen LogP contribution in [0.25, 0.3) is 0 Å². The molecule has 4 heteroatoms. The molecule has 1 aromatic heterocycles. The first kappa shape index (κ1) is 18.5. The molecule has 4 nitrogen and oxygen atoms in total. The van der Waals surface area contributed by atoms with Crippen LogP contribution >= 0.6 is 0 Å². The van der Waals surface area contributed by atoms with Crippen LogP contribution in [0.3, 0.4) is 0 Å². The molecule has 0 bridgehead atoms. The van der Waals surface area contributed by atoms with Crippen LogP contribution in [0, 0.1) is 42.9 Å². The molecular formula is C23H20N2O2. The third-order valence-corrected chi connectivity index (χ3v) is 5.02. The van der Waals surface area contributed by atoms with Gasteiger partial charge in [0.25, 0.3) is 0 Å². The highest BCUT2D eigenvalue weighted by Crippen LogP contribution is 2.37. The van der Waals surface area contributed by atoms with E-state index in [1.165, 1.54) is 6.20 Å². The molecule has 0 amide bonds. The van der Waals surface area contributed by atoms with Gasteiger partial charge in [-0.05, 0) is 68.1 Å². The molecule has 1 saturated carbocycles. The Bertz CT molecular complexity index is 994. The summed E-state index contributed by atoms with van der Waals surface area (Å²) in [6.07, 6.45) is 2.15. The van der Waals surface area contributed by atoms with Gasteiger partial charge in [0.1, 0.15) is 17.8 Å². The summed E-state index contributed by atoms with van der Waals surface area (Å²) in [5.74, 6) is 4.78. The van der Waals surface area contributed by atoms with Gasteiger partial charge in [-0.2, -0.15) is 5.26 Å². The number of ketones is 2. The average molecular weight is 356 g/mol.